The van der Waals surface area contributed by atoms with Crippen molar-refractivity contribution in [2.24, 2.45) is 0 Å². The van der Waals surface area contributed by atoms with Gasteiger partial charge in [-0.05, 0) is 24.3 Å². The lowest BCUT2D eigenvalue weighted by Gasteiger charge is -2.36. The number of nitrogens with zero attached hydrogens (tertiary/aromatic N) is 4. The van der Waals surface area contributed by atoms with E-state index in [0.29, 0.717) is 38.4 Å². The molecule has 2 saturated heterocycles. The van der Waals surface area contributed by atoms with Gasteiger partial charge in [-0.25, -0.2) is 9.18 Å². The van der Waals surface area contributed by atoms with Crippen LogP contribution in [-0.2, 0) is 16.1 Å². The fourth-order valence-corrected chi connectivity index (χ4v) is 4.83. The van der Waals surface area contributed by atoms with Gasteiger partial charge in [0.25, 0.3) is 5.91 Å². The number of carbonyl (C=O) groups is 2. The van der Waals surface area contributed by atoms with Crippen molar-refractivity contribution < 1.29 is 32.4 Å². The average Bonchev–Trinajstić information content (AvgIpc) is 3.44. The molecule has 1 atom stereocenters. The molecular weight excluding hydrogens is 491 g/mol. The SMILES string of the molecule is O=C(NC[C@H]1CN(c2ccc(N3CCN(Cc4ccc([N+](=O)[O-])s4)CC3)c(F)c2)C(=O)O1)C(F)F. The molecule has 35 heavy (non-hydrogen) atoms. The van der Waals surface area contributed by atoms with Crippen molar-refractivity contribution in [3.8, 4) is 0 Å². The predicted octanol–water partition coefficient (Wildman–Crippen LogP) is 2.82. The Labute approximate surface area is 202 Å². The van der Waals surface area contributed by atoms with Gasteiger partial charge in [0, 0.05) is 43.7 Å². The molecule has 4 rings (SSSR count). The van der Waals surface area contributed by atoms with E-state index in [9.17, 15) is 32.9 Å². The molecule has 1 aromatic heterocycles. The van der Waals surface area contributed by atoms with E-state index >= 15 is 0 Å². The van der Waals surface area contributed by atoms with Crippen molar-refractivity contribution in [1.29, 1.82) is 0 Å². The molecule has 0 unspecified atom stereocenters. The molecular formula is C21H22F3N5O5S. The first kappa shape index (κ1) is 24.7. The third kappa shape index (κ3) is 5.82. The predicted molar refractivity (Wildman–Crippen MR) is 121 cm³/mol. The normalized spacial score (nSPS) is 18.7. The standard InChI is InChI=1S/C21H22F3N5O5S/c22-16-9-13(28-11-14(34-21(28)31)10-25-20(30)19(23)24)1-3-17(16)27-7-5-26(6-8-27)12-15-2-4-18(35-15)29(32)33/h1-4,9,14,19H,5-8,10-12H2,(H,25,30)/t14-/m0/s1. The number of nitrogens with one attached hydrogen (secondary N) is 1. The third-order valence-corrected chi connectivity index (χ3v) is 6.76. The summed E-state index contributed by atoms with van der Waals surface area (Å²) in [6.45, 7) is 2.72. The topological polar surface area (TPSA) is 108 Å². The number of anilines is 2. The number of rotatable bonds is 8. The van der Waals surface area contributed by atoms with E-state index in [1.807, 2.05) is 10.2 Å². The number of carbonyl (C=O) groups excluding carboxylic acids is 2. The maximum Gasteiger partial charge on any atom is 0.414 e. The molecule has 2 aliphatic heterocycles. The molecule has 0 saturated carbocycles. The molecule has 14 heteroatoms. The molecule has 0 aliphatic carbocycles. The van der Waals surface area contributed by atoms with Gasteiger partial charge in [0.15, 0.2) is 0 Å². The van der Waals surface area contributed by atoms with Crippen LogP contribution in [0, 0.1) is 15.9 Å². The number of nitro groups is 1. The zero-order valence-electron chi connectivity index (χ0n) is 18.4. The maximum atomic E-state index is 14.9. The number of benzene rings is 1. The number of amides is 2. The first-order valence-corrected chi connectivity index (χ1v) is 11.6. The molecule has 2 aromatic rings. The number of hydrogen-bond donors (Lipinski definition) is 1. The van der Waals surface area contributed by atoms with Gasteiger partial charge < -0.3 is 15.0 Å². The summed E-state index contributed by atoms with van der Waals surface area (Å²) in [5, 5.41) is 12.9. The second-order valence-electron chi connectivity index (χ2n) is 8.06. The number of thiophene rings is 1. The van der Waals surface area contributed by atoms with Gasteiger partial charge in [-0.2, -0.15) is 8.78 Å². The van der Waals surface area contributed by atoms with Crippen LogP contribution >= 0.6 is 11.3 Å². The Morgan fingerprint density at radius 3 is 2.60 bits per heavy atom. The number of ether oxygens (including phenoxy) is 1. The van der Waals surface area contributed by atoms with Crippen molar-refractivity contribution in [2.75, 3.05) is 49.1 Å². The second kappa shape index (κ2) is 10.5. The summed E-state index contributed by atoms with van der Waals surface area (Å²) in [5.41, 5.74) is 0.644. The van der Waals surface area contributed by atoms with Crippen LogP contribution < -0.4 is 15.1 Å². The molecule has 2 aliphatic rings. The lowest BCUT2D eigenvalue weighted by molar-refractivity contribution is -0.380. The van der Waals surface area contributed by atoms with E-state index in [0.717, 1.165) is 16.2 Å². The Hall–Kier alpha value is -3.39. The van der Waals surface area contributed by atoms with Gasteiger partial charge in [0.1, 0.15) is 11.9 Å². The van der Waals surface area contributed by atoms with Gasteiger partial charge in [-0.3, -0.25) is 24.7 Å². The Kier molecular flexibility index (Phi) is 7.40. The zero-order valence-corrected chi connectivity index (χ0v) is 19.2. The minimum atomic E-state index is -3.16. The minimum Gasteiger partial charge on any atom is -0.442 e. The van der Waals surface area contributed by atoms with Crippen LogP contribution in [0.25, 0.3) is 0 Å². The van der Waals surface area contributed by atoms with Crippen LogP contribution in [0.1, 0.15) is 4.88 Å². The van der Waals surface area contributed by atoms with Crippen molar-refractivity contribution in [1.82, 2.24) is 10.2 Å². The van der Waals surface area contributed by atoms with Crippen LogP contribution in [0.4, 0.5) is 34.3 Å². The average molecular weight is 513 g/mol. The largest absolute Gasteiger partial charge is 0.442 e. The highest BCUT2D eigenvalue weighted by molar-refractivity contribution is 7.15. The molecule has 188 valence electrons. The fraction of sp³-hybridized carbons (Fsp3) is 0.429. The highest BCUT2D eigenvalue weighted by Gasteiger charge is 2.33. The first-order valence-electron chi connectivity index (χ1n) is 10.7. The first-order chi connectivity index (χ1) is 16.7. The number of piperazine rings is 1. The zero-order chi connectivity index (χ0) is 25.1. The maximum absolute atomic E-state index is 14.9. The van der Waals surface area contributed by atoms with E-state index in [2.05, 4.69) is 4.90 Å². The van der Waals surface area contributed by atoms with Crippen LogP contribution in [0.2, 0.25) is 0 Å². The molecule has 1 aromatic carbocycles. The molecule has 10 nitrogen and oxygen atoms in total. The van der Waals surface area contributed by atoms with E-state index in [-0.39, 0.29) is 23.8 Å². The van der Waals surface area contributed by atoms with E-state index in [1.54, 1.807) is 18.2 Å². The summed E-state index contributed by atoms with van der Waals surface area (Å²) < 4.78 is 44.6. The summed E-state index contributed by atoms with van der Waals surface area (Å²) in [5.74, 6) is -1.97. The third-order valence-electron chi connectivity index (χ3n) is 5.74. The van der Waals surface area contributed by atoms with Gasteiger partial charge in [-0.1, -0.05) is 11.3 Å². The molecule has 3 heterocycles. The Balaban J connectivity index is 1.32. The lowest BCUT2D eigenvalue weighted by Crippen LogP contribution is -2.46. The highest BCUT2D eigenvalue weighted by Crippen LogP contribution is 2.29. The van der Waals surface area contributed by atoms with Gasteiger partial charge in [0.2, 0.25) is 0 Å². The molecule has 0 bridgehead atoms. The summed E-state index contributed by atoms with van der Waals surface area (Å²) >= 11 is 1.14. The quantitative estimate of drug-likeness (QED) is 0.427. The van der Waals surface area contributed by atoms with Gasteiger partial charge >= 0.3 is 17.5 Å². The van der Waals surface area contributed by atoms with Crippen LogP contribution in [0.15, 0.2) is 30.3 Å². The number of alkyl halides is 2. The Morgan fingerprint density at radius 2 is 1.97 bits per heavy atom. The van der Waals surface area contributed by atoms with Gasteiger partial charge in [0.05, 0.1) is 29.4 Å². The molecule has 0 spiro atoms. The Bertz CT molecular complexity index is 1110. The van der Waals surface area contributed by atoms with E-state index in [1.165, 1.54) is 17.0 Å². The summed E-state index contributed by atoms with van der Waals surface area (Å²) in [6.07, 6.45) is -4.74. The Morgan fingerprint density at radius 1 is 1.23 bits per heavy atom. The van der Waals surface area contributed by atoms with Crippen molar-refractivity contribution in [3.05, 3.63) is 51.1 Å². The second-order valence-corrected chi connectivity index (χ2v) is 9.20. The monoisotopic (exact) mass is 513 g/mol. The van der Waals surface area contributed by atoms with E-state index < -0.39 is 35.3 Å². The highest BCUT2D eigenvalue weighted by atomic mass is 32.1. The number of cyclic esters (lactones) is 1. The molecule has 2 amide bonds. The van der Waals surface area contributed by atoms with Crippen molar-refractivity contribution in [3.63, 3.8) is 0 Å². The van der Waals surface area contributed by atoms with Crippen molar-refractivity contribution >= 4 is 39.7 Å². The molecule has 1 N–H and O–H groups in total. The van der Waals surface area contributed by atoms with Crippen LogP contribution in [0.5, 0.6) is 0 Å². The van der Waals surface area contributed by atoms with Crippen LogP contribution in [-0.4, -0.2) is 73.6 Å². The lowest BCUT2D eigenvalue weighted by atomic mass is 10.2. The summed E-state index contributed by atoms with van der Waals surface area (Å²) in [7, 11) is 0. The van der Waals surface area contributed by atoms with Crippen LogP contribution in [0.3, 0.4) is 0 Å². The minimum absolute atomic E-state index is 0.0132. The fourth-order valence-electron chi connectivity index (χ4n) is 3.97. The number of hydrogen-bond acceptors (Lipinski definition) is 8. The molecule has 0 radical (unpaired) electrons. The summed E-state index contributed by atoms with van der Waals surface area (Å²) in [4.78, 5) is 39.7. The summed E-state index contributed by atoms with van der Waals surface area (Å²) in [6, 6.07) is 7.60. The molecule has 2 fully saturated rings. The van der Waals surface area contributed by atoms with E-state index in [4.69, 9.17) is 4.74 Å². The van der Waals surface area contributed by atoms with Gasteiger partial charge in [-0.15, -0.1) is 0 Å². The smallest absolute Gasteiger partial charge is 0.414 e. The number of halogens is 3. The van der Waals surface area contributed by atoms with Crippen molar-refractivity contribution in [2.45, 2.75) is 19.1 Å².